The maximum atomic E-state index is 12.0. The van der Waals surface area contributed by atoms with Gasteiger partial charge < -0.3 is 4.74 Å². The van der Waals surface area contributed by atoms with Crippen LogP contribution in [-0.2, 0) is 4.74 Å². The number of carbonyl (C=O) groups is 1. The summed E-state index contributed by atoms with van der Waals surface area (Å²) in [5.74, 6) is 0.582. The van der Waals surface area contributed by atoms with E-state index >= 15 is 0 Å². The van der Waals surface area contributed by atoms with Crippen molar-refractivity contribution >= 4 is 23.4 Å². The SMILES string of the molecule is C=CN(C(=O)O[C@H]1CCC[C@@](C)(C(C)C)C1)C([NH3+])=S. The van der Waals surface area contributed by atoms with Crippen molar-refractivity contribution in [2.75, 3.05) is 0 Å². The molecule has 19 heavy (non-hydrogen) atoms. The largest absolute Gasteiger partial charge is 0.445 e. The van der Waals surface area contributed by atoms with Gasteiger partial charge in [0.2, 0.25) is 0 Å². The first-order valence-corrected chi connectivity index (χ1v) is 7.19. The molecule has 0 heterocycles. The average molecular weight is 285 g/mol. The van der Waals surface area contributed by atoms with Crippen molar-refractivity contribution in [1.82, 2.24) is 4.90 Å². The maximum absolute atomic E-state index is 12.0. The van der Waals surface area contributed by atoms with Crippen LogP contribution >= 0.6 is 12.2 Å². The van der Waals surface area contributed by atoms with E-state index in [1.807, 2.05) is 0 Å². The molecule has 1 rings (SSSR count). The van der Waals surface area contributed by atoms with Crippen molar-refractivity contribution in [2.24, 2.45) is 11.3 Å². The maximum Gasteiger partial charge on any atom is 0.423 e. The molecule has 0 bridgehead atoms. The van der Waals surface area contributed by atoms with Gasteiger partial charge in [-0.1, -0.05) is 27.4 Å². The number of amides is 1. The number of hydrogen-bond donors (Lipinski definition) is 1. The number of nitrogens with zero attached hydrogens (tertiary/aromatic N) is 1. The standard InChI is InChI=1S/C14H24N2O2S/c1-5-16(12(15)19)13(17)18-11-7-6-8-14(4,9-11)10(2)3/h5,10-11H,1,6-9H2,2-4H3,(H2,15,19)/p+1/t11-,14+/m0/s1. The molecule has 0 spiro atoms. The number of thiocarbonyl (C=S) groups is 1. The van der Waals surface area contributed by atoms with Gasteiger partial charge in [0, 0.05) is 18.4 Å². The predicted molar refractivity (Wildman–Crippen MR) is 79.2 cm³/mol. The highest BCUT2D eigenvalue weighted by Gasteiger charge is 2.37. The van der Waals surface area contributed by atoms with E-state index in [2.05, 4.69) is 33.1 Å². The minimum absolute atomic E-state index is 0.0366. The Balaban J connectivity index is 2.65. The number of ether oxygens (including phenoxy) is 1. The molecule has 0 aromatic carbocycles. The fraction of sp³-hybridized carbons (Fsp3) is 0.714. The average Bonchev–Trinajstić information content (AvgIpc) is 2.29. The summed E-state index contributed by atoms with van der Waals surface area (Å²) in [7, 11) is 0. The lowest BCUT2D eigenvalue weighted by Crippen LogP contribution is -2.64. The number of hydrogen-bond acceptors (Lipinski definition) is 3. The summed E-state index contributed by atoms with van der Waals surface area (Å²) in [6, 6.07) is 0. The predicted octanol–water partition coefficient (Wildman–Crippen LogP) is 2.70. The Bertz CT molecular complexity index is 370. The van der Waals surface area contributed by atoms with Gasteiger partial charge in [0.05, 0.1) is 0 Å². The Labute approximate surface area is 121 Å². The fourth-order valence-corrected chi connectivity index (χ4v) is 2.71. The highest BCUT2D eigenvalue weighted by atomic mass is 32.1. The first-order valence-electron chi connectivity index (χ1n) is 6.78. The van der Waals surface area contributed by atoms with Gasteiger partial charge in [-0.2, -0.15) is 4.90 Å². The quantitative estimate of drug-likeness (QED) is 0.811. The van der Waals surface area contributed by atoms with Crippen molar-refractivity contribution < 1.29 is 15.3 Å². The molecule has 3 N–H and O–H groups in total. The first-order chi connectivity index (χ1) is 8.80. The zero-order valence-corrected chi connectivity index (χ0v) is 13.0. The monoisotopic (exact) mass is 285 g/mol. The van der Waals surface area contributed by atoms with E-state index in [0.29, 0.717) is 5.92 Å². The molecule has 1 saturated carbocycles. The Morgan fingerprint density at radius 1 is 1.63 bits per heavy atom. The molecular weight excluding hydrogens is 260 g/mol. The summed E-state index contributed by atoms with van der Waals surface area (Å²) < 4.78 is 5.54. The van der Waals surface area contributed by atoms with Crippen LogP contribution in [0.1, 0.15) is 46.5 Å². The van der Waals surface area contributed by atoms with Gasteiger partial charge in [0.1, 0.15) is 6.10 Å². The lowest BCUT2D eigenvalue weighted by molar-refractivity contribution is -0.223. The number of rotatable bonds is 3. The van der Waals surface area contributed by atoms with Gasteiger partial charge in [0.15, 0.2) is 0 Å². The molecule has 1 fully saturated rings. The summed E-state index contributed by atoms with van der Waals surface area (Å²) in [4.78, 5) is 13.1. The van der Waals surface area contributed by atoms with E-state index in [9.17, 15) is 4.79 Å². The van der Waals surface area contributed by atoms with Crippen LogP contribution in [0.15, 0.2) is 12.8 Å². The minimum atomic E-state index is -0.465. The van der Waals surface area contributed by atoms with Crippen molar-refractivity contribution in [1.29, 1.82) is 0 Å². The van der Waals surface area contributed by atoms with Gasteiger partial charge in [-0.05, 0) is 37.0 Å². The van der Waals surface area contributed by atoms with Crippen LogP contribution < -0.4 is 5.73 Å². The van der Waals surface area contributed by atoms with E-state index < -0.39 is 6.09 Å². The van der Waals surface area contributed by atoms with E-state index in [1.54, 1.807) is 0 Å². The summed E-state index contributed by atoms with van der Waals surface area (Å²) >= 11 is 4.89. The molecule has 1 amide bonds. The Morgan fingerprint density at radius 2 is 2.26 bits per heavy atom. The molecule has 0 aromatic rings. The highest BCUT2D eigenvalue weighted by molar-refractivity contribution is 7.79. The lowest BCUT2D eigenvalue weighted by atomic mass is 9.67. The zero-order valence-electron chi connectivity index (χ0n) is 12.1. The van der Waals surface area contributed by atoms with Crippen LogP contribution in [-0.4, -0.2) is 22.2 Å². The molecule has 2 atom stereocenters. The summed E-state index contributed by atoms with van der Waals surface area (Å²) in [6.45, 7) is 10.3. The number of quaternary nitrogens is 1. The normalized spacial score (nSPS) is 26.9. The number of carbonyl (C=O) groups excluding carboxylic acids is 1. The van der Waals surface area contributed by atoms with Crippen molar-refractivity contribution in [3.63, 3.8) is 0 Å². The van der Waals surface area contributed by atoms with Crippen LogP contribution in [0.3, 0.4) is 0 Å². The first kappa shape index (κ1) is 16.1. The summed E-state index contributed by atoms with van der Waals surface area (Å²) in [5, 5.41) is 0.211. The van der Waals surface area contributed by atoms with Crippen molar-refractivity contribution in [3.8, 4) is 0 Å². The van der Waals surface area contributed by atoms with Gasteiger partial charge in [0.25, 0.3) is 5.11 Å². The third kappa shape index (κ3) is 4.01. The molecule has 0 radical (unpaired) electrons. The van der Waals surface area contributed by atoms with Crippen LogP contribution in [0.25, 0.3) is 0 Å². The van der Waals surface area contributed by atoms with Gasteiger partial charge in [-0.25, -0.2) is 4.79 Å². The van der Waals surface area contributed by atoms with Gasteiger partial charge in [-0.15, -0.1) is 0 Å². The van der Waals surface area contributed by atoms with Gasteiger partial charge >= 0.3 is 6.09 Å². The van der Waals surface area contributed by atoms with E-state index in [0.717, 1.165) is 19.3 Å². The second kappa shape index (κ2) is 6.48. The Hall–Kier alpha value is -0.940. The van der Waals surface area contributed by atoms with Crippen molar-refractivity contribution in [2.45, 2.75) is 52.6 Å². The van der Waals surface area contributed by atoms with Crippen LogP contribution in [0.2, 0.25) is 0 Å². The molecule has 0 unspecified atom stereocenters. The van der Waals surface area contributed by atoms with Crippen LogP contribution in [0.5, 0.6) is 0 Å². The van der Waals surface area contributed by atoms with Gasteiger partial charge in [-0.3, -0.25) is 5.73 Å². The molecule has 108 valence electrons. The zero-order chi connectivity index (χ0) is 14.6. The summed E-state index contributed by atoms with van der Waals surface area (Å²) in [6.07, 6.45) is 4.96. The molecule has 4 nitrogen and oxygen atoms in total. The minimum Gasteiger partial charge on any atom is -0.445 e. The Morgan fingerprint density at radius 3 is 2.74 bits per heavy atom. The molecule has 0 saturated heterocycles. The van der Waals surface area contributed by atoms with Crippen molar-refractivity contribution in [3.05, 3.63) is 12.8 Å². The second-order valence-corrected chi connectivity index (χ2v) is 6.33. The second-order valence-electron chi connectivity index (χ2n) is 5.86. The van der Waals surface area contributed by atoms with E-state index in [-0.39, 0.29) is 16.6 Å². The lowest BCUT2D eigenvalue weighted by Gasteiger charge is -2.41. The molecule has 0 aromatic heterocycles. The fourth-order valence-electron chi connectivity index (χ4n) is 2.56. The Kier molecular flexibility index (Phi) is 5.50. The van der Waals surface area contributed by atoms with Crippen LogP contribution in [0, 0.1) is 11.3 Å². The van der Waals surface area contributed by atoms with E-state index in [1.165, 1.54) is 17.5 Å². The third-order valence-electron chi connectivity index (χ3n) is 4.28. The third-order valence-corrected chi connectivity index (χ3v) is 4.47. The topological polar surface area (TPSA) is 57.2 Å². The smallest absolute Gasteiger partial charge is 0.423 e. The molecule has 5 heteroatoms. The summed E-state index contributed by atoms with van der Waals surface area (Å²) in [5.41, 5.74) is 3.81. The molecule has 1 aliphatic carbocycles. The molecule has 1 aliphatic rings. The molecule has 0 aliphatic heterocycles. The highest BCUT2D eigenvalue weighted by Crippen LogP contribution is 2.42. The molecular formula is C14H25N2O2S+. The van der Waals surface area contributed by atoms with E-state index in [4.69, 9.17) is 17.0 Å². The van der Waals surface area contributed by atoms with Crippen LogP contribution in [0.4, 0.5) is 4.79 Å².